The lowest BCUT2D eigenvalue weighted by molar-refractivity contribution is 0.102. The summed E-state index contributed by atoms with van der Waals surface area (Å²) in [5.41, 5.74) is 3.88. The normalized spacial score (nSPS) is 10.3. The van der Waals surface area contributed by atoms with E-state index < -0.39 is 5.91 Å². The van der Waals surface area contributed by atoms with E-state index >= 15 is 0 Å². The highest BCUT2D eigenvalue weighted by Gasteiger charge is 2.13. The number of hydrogen-bond donors (Lipinski definition) is 2. The Kier molecular flexibility index (Phi) is 5.74. The standard InChI is InChI=1S/C21H22N4O3/c1-13-6-5-7-14(2)20(13)25-19-12-22-17(11-23-19)21(26)24-16-10-15(27-3)8-9-18(16)28-4/h5-12H,1-4H3,(H,23,25)(H,24,26). The second-order valence-corrected chi connectivity index (χ2v) is 6.20. The number of methoxy groups -OCH3 is 2. The molecule has 1 heterocycles. The molecule has 2 N–H and O–H groups in total. The van der Waals surface area contributed by atoms with Crippen LogP contribution in [-0.4, -0.2) is 30.1 Å². The number of anilines is 3. The average Bonchev–Trinajstić information content (AvgIpc) is 2.71. The third-order valence-corrected chi connectivity index (χ3v) is 4.27. The first-order chi connectivity index (χ1) is 13.5. The van der Waals surface area contributed by atoms with Gasteiger partial charge in [-0.25, -0.2) is 9.97 Å². The van der Waals surface area contributed by atoms with Crippen LogP contribution in [0.5, 0.6) is 11.5 Å². The number of aromatic nitrogens is 2. The summed E-state index contributed by atoms with van der Waals surface area (Å²) < 4.78 is 10.5. The monoisotopic (exact) mass is 378 g/mol. The van der Waals surface area contributed by atoms with E-state index in [0.717, 1.165) is 16.8 Å². The molecule has 0 spiro atoms. The van der Waals surface area contributed by atoms with Crippen molar-refractivity contribution in [2.45, 2.75) is 13.8 Å². The predicted molar refractivity (Wildman–Crippen MR) is 109 cm³/mol. The lowest BCUT2D eigenvalue weighted by atomic mass is 10.1. The number of para-hydroxylation sites is 1. The van der Waals surface area contributed by atoms with Crippen LogP contribution in [0.3, 0.4) is 0 Å². The van der Waals surface area contributed by atoms with Gasteiger partial charge in [0, 0.05) is 11.8 Å². The second-order valence-electron chi connectivity index (χ2n) is 6.20. The minimum atomic E-state index is -0.391. The van der Waals surface area contributed by atoms with E-state index in [9.17, 15) is 4.79 Å². The summed E-state index contributed by atoms with van der Waals surface area (Å²) in [4.78, 5) is 21.1. The van der Waals surface area contributed by atoms with Gasteiger partial charge >= 0.3 is 0 Å². The molecule has 0 saturated heterocycles. The van der Waals surface area contributed by atoms with Crippen LogP contribution in [0.4, 0.5) is 17.2 Å². The molecule has 0 radical (unpaired) electrons. The molecule has 0 bridgehead atoms. The fourth-order valence-corrected chi connectivity index (χ4v) is 2.75. The number of rotatable bonds is 6. The van der Waals surface area contributed by atoms with E-state index in [4.69, 9.17) is 9.47 Å². The Morgan fingerprint density at radius 3 is 2.32 bits per heavy atom. The van der Waals surface area contributed by atoms with Crippen molar-refractivity contribution in [3.8, 4) is 11.5 Å². The zero-order chi connectivity index (χ0) is 20.1. The Bertz CT molecular complexity index is 967. The van der Waals surface area contributed by atoms with Crippen LogP contribution < -0.4 is 20.1 Å². The van der Waals surface area contributed by atoms with Gasteiger partial charge in [0.2, 0.25) is 0 Å². The molecule has 3 rings (SSSR count). The van der Waals surface area contributed by atoms with Crippen LogP contribution in [0.25, 0.3) is 0 Å². The molecule has 0 aliphatic heterocycles. The van der Waals surface area contributed by atoms with Gasteiger partial charge in [0.1, 0.15) is 23.0 Å². The summed E-state index contributed by atoms with van der Waals surface area (Å²) >= 11 is 0. The largest absolute Gasteiger partial charge is 0.497 e. The molecule has 0 atom stereocenters. The smallest absolute Gasteiger partial charge is 0.275 e. The number of ether oxygens (including phenoxy) is 2. The van der Waals surface area contributed by atoms with Gasteiger partial charge in [0.25, 0.3) is 5.91 Å². The molecule has 28 heavy (non-hydrogen) atoms. The van der Waals surface area contributed by atoms with Gasteiger partial charge in [-0.15, -0.1) is 0 Å². The average molecular weight is 378 g/mol. The summed E-state index contributed by atoms with van der Waals surface area (Å²) in [5.74, 6) is 1.30. The number of nitrogens with one attached hydrogen (secondary N) is 2. The van der Waals surface area contributed by atoms with Crippen molar-refractivity contribution in [1.82, 2.24) is 9.97 Å². The Labute approximate surface area is 163 Å². The highest BCUT2D eigenvalue weighted by molar-refractivity contribution is 6.03. The Hall–Kier alpha value is -3.61. The molecule has 0 unspecified atom stereocenters. The Morgan fingerprint density at radius 1 is 0.964 bits per heavy atom. The fraction of sp³-hybridized carbons (Fsp3) is 0.190. The highest BCUT2D eigenvalue weighted by Crippen LogP contribution is 2.29. The quantitative estimate of drug-likeness (QED) is 0.671. The third-order valence-electron chi connectivity index (χ3n) is 4.27. The van der Waals surface area contributed by atoms with Crippen molar-refractivity contribution in [1.29, 1.82) is 0 Å². The number of amides is 1. The molecule has 1 amide bonds. The van der Waals surface area contributed by atoms with Gasteiger partial charge in [-0.05, 0) is 37.1 Å². The number of carbonyl (C=O) groups excluding carboxylic acids is 1. The van der Waals surface area contributed by atoms with Crippen LogP contribution in [0.15, 0.2) is 48.8 Å². The highest BCUT2D eigenvalue weighted by atomic mass is 16.5. The fourth-order valence-electron chi connectivity index (χ4n) is 2.75. The Balaban J connectivity index is 1.76. The van der Waals surface area contributed by atoms with Crippen LogP contribution in [-0.2, 0) is 0 Å². The van der Waals surface area contributed by atoms with E-state index in [1.54, 1.807) is 25.3 Å². The summed E-state index contributed by atoms with van der Waals surface area (Å²) in [6, 6.07) is 11.2. The van der Waals surface area contributed by atoms with Crippen LogP contribution >= 0.6 is 0 Å². The number of nitrogens with zero attached hydrogens (tertiary/aromatic N) is 2. The van der Waals surface area contributed by atoms with Crippen molar-refractivity contribution < 1.29 is 14.3 Å². The van der Waals surface area contributed by atoms with Gasteiger partial charge in [-0.2, -0.15) is 0 Å². The minimum Gasteiger partial charge on any atom is -0.497 e. The van der Waals surface area contributed by atoms with E-state index in [0.29, 0.717) is 23.0 Å². The molecule has 0 aliphatic carbocycles. The van der Waals surface area contributed by atoms with Gasteiger partial charge in [0.15, 0.2) is 0 Å². The van der Waals surface area contributed by atoms with Crippen molar-refractivity contribution >= 4 is 23.1 Å². The van der Waals surface area contributed by atoms with Crippen LogP contribution in [0.1, 0.15) is 21.6 Å². The van der Waals surface area contributed by atoms with Crippen LogP contribution in [0.2, 0.25) is 0 Å². The molecule has 2 aromatic carbocycles. The molecular weight excluding hydrogens is 356 g/mol. The minimum absolute atomic E-state index is 0.192. The molecule has 0 saturated carbocycles. The molecule has 7 nitrogen and oxygen atoms in total. The van der Waals surface area contributed by atoms with Crippen LogP contribution in [0, 0.1) is 13.8 Å². The summed E-state index contributed by atoms with van der Waals surface area (Å²) in [7, 11) is 3.09. The molecule has 1 aromatic heterocycles. The Morgan fingerprint density at radius 2 is 1.71 bits per heavy atom. The molecule has 3 aromatic rings. The number of aryl methyl sites for hydroxylation is 2. The zero-order valence-electron chi connectivity index (χ0n) is 16.2. The predicted octanol–water partition coefficient (Wildman–Crippen LogP) is 4.11. The summed E-state index contributed by atoms with van der Waals surface area (Å²) in [6.07, 6.45) is 2.96. The van der Waals surface area contributed by atoms with Crippen molar-refractivity contribution in [3.63, 3.8) is 0 Å². The zero-order valence-corrected chi connectivity index (χ0v) is 16.2. The maximum Gasteiger partial charge on any atom is 0.275 e. The van der Waals surface area contributed by atoms with Gasteiger partial charge in [0.05, 0.1) is 32.3 Å². The number of carbonyl (C=O) groups is 1. The van der Waals surface area contributed by atoms with E-state index in [2.05, 4.69) is 20.6 Å². The molecule has 0 fully saturated rings. The lowest BCUT2D eigenvalue weighted by Crippen LogP contribution is -2.15. The maximum atomic E-state index is 12.5. The van der Waals surface area contributed by atoms with Crippen molar-refractivity contribution in [2.75, 3.05) is 24.9 Å². The lowest BCUT2D eigenvalue weighted by Gasteiger charge is -2.13. The van der Waals surface area contributed by atoms with Gasteiger partial charge in [-0.3, -0.25) is 4.79 Å². The van der Waals surface area contributed by atoms with Gasteiger partial charge < -0.3 is 20.1 Å². The summed E-state index contributed by atoms with van der Waals surface area (Å²) in [5, 5.41) is 6.02. The first-order valence-electron chi connectivity index (χ1n) is 8.70. The molecular formula is C21H22N4O3. The second kappa shape index (κ2) is 8.39. The third kappa shape index (κ3) is 4.20. The number of benzene rings is 2. The van der Waals surface area contributed by atoms with E-state index in [1.807, 2.05) is 32.0 Å². The number of hydrogen-bond acceptors (Lipinski definition) is 6. The maximum absolute atomic E-state index is 12.5. The summed E-state index contributed by atoms with van der Waals surface area (Å²) in [6.45, 7) is 4.04. The first kappa shape index (κ1) is 19.2. The first-order valence-corrected chi connectivity index (χ1v) is 8.70. The molecule has 0 aliphatic rings. The molecule has 7 heteroatoms. The topological polar surface area (TPSA) is 85.4 Å². The SMILES string of the molecule is COc1ccc(OC)c(NC(=O)c2cnc(Nc3c(C)cccc3C)cn2)c1. The van der Waals surface area contributed by atoms with Gasteiger partial charge in [-0.1, -0.05) is 18.2 Å². The molecule has 144 valence electrons. The van der Waals surface area contributed by atoms with Crippen molar-refractivity contribution in [2.24, 2.45) is 0 Å². The van der Waals surface area contributed by atoms with E-state index in [1.165, 1.54) is 19.5 Å². The van der Waals surface area contributed by atoms with E-state index in [-0.39, 0.29) is 5.69 Å². The van der Waals surface area contributed by atoms with Crippen molar-refractivity contribution in [3.05, 3.63) is 65.6 Å².